The summed E-state index contributed by atoms with van der Waals surface area (Å²) in [7, 11) is 2.02. The molecule has 0 bridgehead atoms. The Hall–Kier alpha value is -1.29. The molecular formula is C16H27N3O. The third-order valence-corrected chi connectivity index (χ3v) is 3.75. The third kappa shape index (κ3) is 3.85. The van der Waals surface area contributed by atoms with Crippen LogP contribution in [-0.4, -0.2) is 23.1 Å². The zero-order valence-electron chi connectivity index (χ0n) is 13.1. The van der Waals surface area contributed by atoms with Gasteiger partial charge in [0.2, 0.25) is 5.91 Å². The van der Waals surface area contributed by atoms with Gasteiger partial charge in [0.05, 0.1) is 0 Å². The number of rotatable bonds is 3. The number of fused-ring (bicyclic) bond motifs is 1. The van der Waals surface area contributed by atoms with Crippen molar-refractivity contribution in [3.05, 3.63) is 23.5 Å². The quantitative estimate of drug-likeness (QED) is 0.833. The maximum absolute atomic E-state index is 12.0. The van der Waals surface area contributed by atoms with E-state index in [2.05, 4.69) is 23.0 Å². The van der Waals surface area contributed by atoms with Crippen molar-refractivity contribution in [1.82, 2.24) is 15.2 Å². The molecule has 0 spiro atoms. The minimum absolute atomic E-state index is 0.0728. The molecule has 1 aromatic heterocycles. The Bertz CT molecular complexity index is 471. The number of nitrogens with one attached hydrogen (secondary N) is 2. The molecule has 1 aliphatic carbocycles. The second-order valence-electron chi connectivity index (χ2n) is 6.80. The molecule has 112 valence electrons. The van der Waals surface area contributed by atoms with E-state index in [1.165, 1.54) is 30.4 Å². The Morgan fingerprint density at radius 3 is 2.75 bits per heavy atom. The van der Waals surface area contributed by atoms with Gasteiger partial charge in [0.1, 0.15) is 6.54 Å². The van der Waals surface area contributed by atoms with Crippen LogP contribution in [0.15, 0.2) is 12.4 Å². The van der Waals surface area contributed by atoms with Crippen molar-refractivity contribution in [3.63, 3.8) is 0 Å². The van der Waals surface area contributed by atoms with E-state index in [0.717, 1.165) is 6.42 Å². The molecule has 2 N–H and O–H groups in total. The normalized spacial score (nSPS) is 19.3. The molecule has 0 aliphatic heterocycles. The lowest BCUT2D eigenvalue weighted by Gasteiger charge is -2.20. The summed E-state index contributed by atoms with van der Waals surface area (Å²) in [5.74, 6) is 0.0728. The third-order valence-electron chi connectivity index (χ3n) is 3.75. The summed E-state index contributed by atoms with van der Waals surface area (Å²) in [5, 5.41) is 6.40. The van der Waals surface area contributed by atoms with Crippen molar-refractivity contribution in [2.45, 2.75) is 64.6 Å². The van der Waals surface area contributed by atoms with Crippen LogP contribution in [0.2, 0.25) is 0 Å². The molecular weight excluding hydrogens is 250 g/mol. The van der Waals surface area contributed by atoms with Gasteiger partial charge in [-0.1, -0.05) is 6.42 Å². The van der Waals surface area contributed by atoms with Crippen molar-refractivity contribution < 1.29 is 4.79 Å². The van der Waals surface area contributed by atoms with Crippen molar-refractivity contribution >= 4 is 5.91 Å². The molecule has 0 saturated heterocycles. The van der Waals surface area contributed by atoms with Gasteiger partial charge in [0, 0.05) is 24.0 Å². The van der Waals surface area contributed by atoms with Crippen molar-refractivity contribution in [2.75, 3.05) is 7.05 Å². The fourth-order valence-electron chi connectivity index (χ4n) is 2.93. The highest BCUT2D eigenvalue weighted by Gasteiger charge is 2.20. The van der Waals surface area contributed by atoms with Crippen LogP contribution in [0.4, 0.5) is 0 Å². The number of aromatic nitrogens is 1. The van der Waals surface area contributed by atoms with Gasteiger partial charge in [0.15, 0.2) is 0 Å². The molecule has 1 unspecified atom stereocenters. The first-order valence-electron chi connectivity index (χ1n) is 7.56. The first-order chi connectivity index (χ1) is 9.39. The average molecular weight is 277 g/mol. The average Bonchev–Trinajstić information content (AvgIpc) is 2.60. The first kappa shape index (κ1) is 15.1. The van der Waals surface area contributed by atoms with Crippen LogP contribution >= 0.6 is 0 Å². The van der Waals surface area contributed by atoms with Gasteiger partial charge in [-0.25, -0.2) is 0 Å². The molecule has 4 nitrogen and oxygen atoms in total. The summed E-state index contributed by atoms with van der Waals surface area (Å²) in [5.41, 5.74) is 2.59. The van der Waals surface area contributed by atoms with Crippen LogP contribution in [-0.2, 0) is 17.8 Å². The summed E-state index contributed by atoms with van der Waals surface area (Å²) in [6.45, 7) is 6.42. The largest absolute Gasteiger partial charge is 0.350 e. The number of hydrogen-bond donors (Lipinski definition) is 2. The van der Waals surface area contributed by atoms with Crippen molar-refractivity contribution in [2.24, 2.45) is 0 Å². The summed E-state index contributed by atoms with van der Waals surface area (Å²) in [6.07, 6.45) is 9.11. The Morgan fingerprint density at radius 2 is 2.10 bits per heavy atom. The molecule has 0 saturated carbocycles. The van der Waals surface area contributed by atoms with E-state index in [4.69, 9.17) is 0 Å². The Morgan fingerprint density at radius 1 is 1.35 bits per heavy atom. The number of hydrogen-bond acceptors (Lipinski definition) is 2. The van der Waals surface area contributed by atoms with Crippen LogP contribution in [0.1, 0.15) is 57.2 Å². The van der Waals surface area contributed by atoms with E-state index in [-0.39, 0.29) is 11.4 Å². The maximum atomic E-state index is 12.0. The van der Waals surface area contributed by atoms with E-state index < -0.39 is 0 Å². The van der Waals surface area contributed by atoms with Crippen LogP contribution in [0.3, 0.4) is 0 Å². The molecule has 20 heavy (non-hydrogen) atoms. The molecule has 1 atom stereocenters. The molecule has 2 rings (SSSR count). The molecule has 1 heterocycles. The zero-order chi connectivity index (χ0) is 14.8. The number of nitrogens with zero attached hydrogens (tertiary/aromatic N) is 1. The van der Waals surface area contributed by atoms with E-state index in [1.807, 2.05) is 32.4 Å². The lowest BCUT2D eigenvalue weighted by molar-refractivity contribution is -0.123. The Labute approximate surface area is 121 Å². The first-order valence-corrected chi connectivity index (χ1v) is 7.56. The van der Waals surface area contributed by atoms with Crippen LogP contribution in [0.5, 0.6) is 0 Å². The molecule has 0 aromatic carbocycles. The summed E-state index contributed by atoms with van der Waals surface area (Å²) in [4.78, 5) is 12.0. The van der Waals surface area contributed by atoms with E-state index in [1.54, 1.807) is 0 Å². The van der Waals surface area contributed by atoms with E-state index >= 15 is 0 Å². The zero-order valence-corrected chi connectivity index (χ0v) is 13.1. The van der Waals surface area contributed by atoms with Gasteiger partial charge in [-0.2, -0.15) is 0 Å². The van der Waals surface area contributed by atoms with Crippen LogP contribution in [0, 0.1) is 0 Å². The van der Waals surface area contributed by atoms with Gasteiger partial charge < -0.3 is 15.2 Å². The van der Waals surface area contributed by atoms with E-state index in [9.17, 15) is 4.79 Å². The Balaban J connectivity index is 2.09. The smallest absolute Gasteiger partial charge is 0.240 e. The fraction of sp³-hybridized carbons (Fsp3) is 0.688. The number of carbonyl (C=O) groups excluding carboxylic acids is 1. The van der Waals surface area contributed by atoms with Gasteiger partial charge in [-0.3, -0.25) is 4.79 Å². The SMILES string of the molecule is CNC1CCCCc2cn(CC(=O)NC(C)(C)C)cc21. The molecule has 0 fully saturated rings. The number of amides is 1. The Kier molecular flexibility index (Phi) is 4.53. The maximum Gasteiger partial charge on any atom is 0.240 e. The van der Waals surface area contributed by atoms with Crippen LogP contribution < -0.4 is 10.6 Å². The monoisotopic (exact) mass is 277 g/mol. The minimum Gasteiger partial charge on any atom is -0.350 e. The van der Waals surface area contributed by atoms with Crippen molar-refractivity contribution in [1.29, 1.82) is 0 Å². The molecule has 1 amide bonds. The highest BCUT2D eigenvalue weighted by molar-refractivity contribution is 5.76. The van der Waals surface area contributed by atoms with Gasteiger partial charge >= 0.3 is 0 Å². The van der Waals surface area contributed by atoms with Crippen LogP contribution in [0.25, 0.3) is 0 Å². The standard InChI is InChI=1S/C16H27N3O/c1-16(2,3)18-15(20)11-19-9-12-7-5-6-8-14(17-4)13(12)10-19/h9-10,14,17H,5-8,11H2,1-4H3,(H,18,20). The number of carbonyl (C=O) groups is 1. The predicted molar refractivity (Wildman–Crippen MR) is 81.7 cm³/mol. The molecule has 1 aliphatic rings. The number of aryl methyl sites for hydroxylation is 1. The molecule has 4 heteroatoms. The summed E-state index contributed by atoms with van der Waals surface area (Å²) >= 11 is 0. The minimum atomic E-state index is -0.172. The van der Waals surface area contributed by atoms with Gasteiger partial charge in [0.25, 0.3) is 0 Å². The second-order valence-corrected chi connectivity index (χ2v) is 6.80. The van der Waals surface area contributed by atoms with Gasteiger partial charge in [-0.05, 0) is 58.2 Å². The van der Waals surface area contributed by atoms with Crippen molar-refractivity contribution in [3.8, 4) is 0 Å². The van der Waals surface area contributed by atoms with E-state index in [0.29, 0.717) is 12.6 Å². The highest BCUT2D eigenvalue weighted by Crippen LogP contribution is 2.29. The molecule has 0 radical (unpaired) electrons. The highest BCUT2D eigenvalue weighted by atomic mass is 16.2. The summed E-state index contributed by atoms with van der Waals surface area (Å²) in [6, 6.07) is 0.430. The molecule has 1 aromatic rings. The predicted octanol–water partition coefficient (Wildman–Crippen LogP) is 2.39. The van der Waals surface area contributed by atoms with Gasteiger partial charge in [-0.15, -0.1) is 0 Å². The fourth-order valence-corrected chi connectivity index (χ4v) is 2.93. The lowest BCUT2D eigenvalue weighted by Crippen LogP contribution is -2.42. The topological polar surface area (TPSA) is 46.1 Å². The summed E-state index contributed by atoms with van der Waals surface area (Å²) < 4.78 is 2.03. The lowest BCUT2D eigenvalue weighted by atomic mass is 10.1. The second kappa shape index (κ2) is 6.00.